The normalized spacial score (nSPS) is 42.8. The molecule has 6 saturated carbocycles. The molecule has 7 fully saturated rings. The van der Waals surface area contributed by atoms with Gasteiger partial charge < -0.3 is 35.6 Å². The van der Waals surface area contributed by atoms with Gasteiger partial charge in [-0.25, -0.2) is 47.5 Å². The summed E-state index contributed by atoms with van der Waals surface area (Å²) in [5.41, 5.74) is 0.923. The number of nitrogens with one attached hydrogen (secondary N) is 4. The van der Waals surface area contributed by atoms with Crippen molar-refractivity contribution in [3.63, 3.8) is 0 Å². The van der Waals surface area contributed by atoms with E-state index in [1.54, 1.807) is 0 Å². The molecule has 13 atom stereocenters. The van der Waals surface area contributed by atoms with Crippen LogP contribution in [0.2, 0.25) is 0 Å². The Balaban J connectivity index is 0.000000175. The largest absolute Gasteiger partial charge is 0.481 e. The van der Waals surface area contributed by atoms with Crippen molar-refractivity contribution in [2.75, 3.05) is 17.2 Å². The predicted molar refractivity (Wildman–Crippen MR) is 227 cm³/mol. The zero-order chi connectivity index (χ0) is 59.0. The maximum Gasteiger partial charge on any atom is 0.308 e. The lowest BCUT2D eigenvalue weighted by atomic mass is 9.61. The van der Waals surface area contributed by atoms with Crippen molar-refractivity contribution < 1.29 is 64.0 Å². The Labute approximate surface area is 386 Å². The molecule has 6 aliphatic carbocycles. The molecule has 6 aromatic heterocycles. The highest BCUT2D eigenvalue weighted by Gasteiger charge is 2.49. The fourth-order valence-corrected chi connectivity index (χ4v) is 7.69. The van der Waals surface area contributed by atoms with Crippen LogP contribution in [0.25, 0.3) is 44.8 Å². The number of ether oxygens (including phenoxy) is 1. The minimum atomic E-state index is -3.32. The summed E-state index contributed by atoms with van der Waals surface area (Å²) < 4.78 is 197. The summed E-state index contributed by atoms with van der Waals surface area (Å²) in [6.45, 7) is 3.11. The monoisotopic (exact) mass is 900 g/mol. The number of carboxylic acids is 2. The van der Waals surface area contributed by atoms with E-state index in [-0.39, 0.29) is 44.8 Å². The standard InChI is InChI=1S/2C20H19F2N5O2.C5H10O/c2*21-11-5-12-13(7-24-17(12)23-6-11)18-25-8-14(22)19(27-18)26-16-10-3-1-9(2-4-10)15(16)20(28)29;1-5-3-2-4-6-5/h2*5-10,15-16H,1-4H2,(H,23,24)(H,28,29)(H,25,26,27);5H,2-4H2,1H3/t2*9?,10?,15-,16-;/m00./s1/i2*1D,2D2,3D,4D2,9D,10D;/t2*1?,3?,9?,10?,15-,16-;. The van der Waals surface area contributed by atoms with Gasteiger partial charge in [-0.3, -0.25) is 9.59 Å². The molecule has 6 aromatic rings. The number of hydrogen-bond donors (Lipinski definition) is 6. The lowest BCUT2D eigenvalue weighted by Crippen LogP contribution is -2.51. The van der Waals surface area contributed by atoms with Gasteiger partial charge in [0, 0.05) is 74.9 Å². The molecule has 1 aliphatic heterocycles. The second-order valence-electron chi connectivity index (χ2n) is 15.0. The number of H-pyrrole nitrogens is 2. The number of rotatable bonds is 8. The lowest BCUT2D eigenvalue weighted by Gasteiger charge is -2.47. The van der Waals surface area contributed by atoms with E-state index in [2.05, 4.69) is 57.4 Å². The molecule has 0 amide bonds. The fourth-order valence-electron chi connectivity index (χ4n) is 7.69. The summed E-state index contributed by atoms with van der Waals surface area (Å²) in [6.07, 6.45) is -12.4. The highest BCUT2D eigenvalue weighted by atomic mass is 19.1. The van der Waals surface area contributed by atoms with Crippen molar-refractivity contribution in [2.45, 2.75) is 89.0 Å². The first-order chi connectivity index (χ1) is 37.1. The maximum atomic E-state index is 14.9. The van der Waals surface area contributed by atoms with Gasteiger partial charge in [0.1, 0.15) is 22.9 Å². The topological polar surface area (TPSA) is 217 Å². The fraction of sp³-hybridized carbons (Fsp3) is 0.467. The summed E-state index contributed by atoms with van der Waals surface area (Å²) in [4.78, 5) is 53.7. The van der Waals surface area contributed by atoms with Crippen molar-refractivity contribution in [1.29, 1.82) is 0 Å². The Bertz CT molecular complexity index is 3230. The van der Waals surface area contributed by atoms with Gasteiger partial charge in [-0.05, 0) is 107 Å². The Morgan fingerprint density at radius 1 is 0.703 bits per heavy atom. The minimum absolute atomic E-state index is 0.172. The number of carboxylic acid groups (broad SMARTS) is 2. The van der Waals surface area contributed by atoms with Crippen molar-refractivity contribution in [3.05, 3.63) is 72.6 Å². The number of hydrogen-bond acceptors (Lipinski definition) is 11. The van der Waals surface area contributed by atoms with Crippen LogP contribution in [0.3, 0.4) is 0 Å². The minimum Gasteiger partial charge on any atom is -0.481 e. The summed E-state index contributed by atoms with van der Waals surface area (Å²) in [6, 6.07) is -1.81. The number of halogens is 4. The molecule has 19 heteroatoms. The maximum absolute atomic E-state index is 14.9. The smallest absolute Gasteiger partial charge is 0.308 e. The van der Waals surface area contributed by atoms with Gasteiger partial charge in [-0.15, -0.1) is 0 Å². The Hall–Kier alpha value is -6.24. The van der Waals surface area contributed by atoms with Crippen LogP contribution in [-0.2, 0) is 14.3 Å². The number of aromatic amines is 2. The number of nitrogens with zero attached hydrogens (tertiary/aromatic N) is 6. The molecule has 7 heterocycles. The second-order valence-corrected chi connectivity index (χ2v) is 15.0. The zero-order valence-electron chi connectivity index (χ0n) is 49.3. The van der Waals surface area contributed by atoms with E-state index in [9.17, 15) is 37.4 Å². The van der Waals surface area contributed by atoms with Crippen LogP contribution in [0.5, 0.6) is 0 Å². The van der Waals surface area contributed by atoms with E-state index < -0.39 is 145 Å². The Kier molecular flexibility index (Phi) is 7.87. The molecule has 1 saturated heterocycles. The molecule has 13 rings (SSSR count). The first-order valence-corrected chi connectivity index (χ1v) is 19.7. The highest BCUT2D eigenvalue weighted by molar-refractivity contribution is 5.92. The molecular weight excluding hydrogens is 837 g/mol. The van der Waals surface area contributed by atoms with E-state index in [0.29, 0.717) is 18.5 Å². The molecule has 15 nitrogen and oxygen atoms in total. The second kappa shape index (κ2) is 18.1. The van der Waals surface area contributed by atoms with Crippen LogP contribution in [-0.4, -0.2) is 86.8 Å². The van der Waals surface area contributed by atoms with Crippen LogP contribution in [0.1, 0.15) is 92.8 Å². The van der Waals surface area contributed by atoms with Crippen LogP contribution in [0, 0.1) is 58.7 Å². The van der Waals surface area contributed by atoms with Gasteiger partial charge in [-0.2, -0.15) is 0 Å². The van der Waals surface area contributed by atoms with Crippen LogP contribution in [0.15, 0.2) is 49.3 Å². The number of anilines is 2. The summed E-state index contributed by atoms with van der Waals surface area (Å²) in [5.74, 6) is -25.4. The lowest BCUT2D eigenvalue weighted by molar-refractivity contribution is -0.149. The van der Waals surface area contributed by atoms with Gasteiger partial charge in [-0.1, -0.05) is 0 Å². The van der Waals surface area contributed by atoms with Gasteiger partial charge in [0.25, 0.3) is 0 Å². The number of pyridine rings is 2. The van der Waals surface area contributed by atoms with Gasteiger partial charge in [0.15, 0.2) is 34.9 Å². The highest BCUT2D eigenvalue weighted by Crippen LogP contribution is 2.48. The number of carbonyl (C=O) groups is 2. The average molecular weight is 901 g/mol. The van der Waals surface area contributed by atoms with Crippen molar-refractivity contribution in [1.82, 2.24) is 39.9 Å². The Morgan fingerprint density at radius 2 is 1.14 bits per heavy atom. The van der Waals surface area contributed by atoms with E-state index in [1.165, 1.54) is 25.2 Å². The van der Waals surface area contributed by atoms with Gasteiger partial charge in [0.05, 0.1) is 42.7 Å². The number of aromatic nitrogens is 8. The molecular formula is C45H48F4N10O5. The zero-order valence-corrected chi connectivity index (χ0v) is 33.3. The molecule has 0 aromatic carbocycles. The van der Waals surface area contributed by atoms with Crippen LogP contribution in [0.4, 0.5) is 29.2 Å². The number of aliphatic carboxylic acids is 2. The van der Waals surface area contributed by atoms with E-state index in [1.807, 2.05) is 0 Å². The summed E-state index contributed by atoms with van der Waals surface area (Å²) >= 11 is 0. The van der Waals surface area contributed by atoms with E-state index in [4.69, 9.17) is 26.7 Å². The van der Waals surface area contributed by atoms with Gasteiger partial charge >= 0.3 is 11.9 Å². The quantitative estimate of drug-likeness (QED) is 0.0793. The van der Waals surface area contributed by atoms with Crippen LogP contribution < -0.4 is 10.6 Å². The molecule has 0 radical (unpaired) electrons. The van der Waals surface area contributed by atoms with Crippen molar-refractivity contribution >= 4 is 45.6 Å². The predicted octanol–water partition coefficient (Wildman–Crippen LogP) is 8.38. The molecule has 4 bridgehead atoms. The van der Waals surface area contributed by atoms with E-state index >= 15 is 0 Å². The molecule has 64 heavy (non-hydrogen) atoms. The molecule has 336 valence electrons. The third-order valence-electron chi connectivity index (χ3n) is 10.8. The number of fused-ring (bicyclic) bond motifs is 8. The summed E-state index contributed by atoms with van der Waals surface area (Å²) in [7, 11) is 0. The SMILES string of the molecule is CC1CCCO1.[2H]C1C([2H])C2([2H])[C@H](C(=O)O)[C@@H](Nc3nc(-c4c[nH]c5ncc(F)cc45)ncc3F)C1([2H])C([2H])([2H])C2([2H])[2H].[2H]C1C([2H])C2([2H])[C@H](C(=O)O)[C@@H](Nc3nc(-c4c[nH]c5ncc(F)cc45)ncc3F)C1([2H])C([2H])([2H])C2([2H])[2H]. The first kappa shape index (κ1) is 27.8. The molecule has 6 N–H and O–H groups in total. The van der Waals surface area contributed by atoms with Gasteiger partial charge in [0.2, 0.25) is 0 Å². The van der Waals surface area contributed by atoms with Crippen molar-refractivity contribution in [2.24, 2.45) is 35.4 Å². The molecule has 0 spiro atoms. The molecule has 9 unspecified atom stereocenters. The Morgan fingerprint density at radius 3 is 1.53 bits per heavy atom. The third kappa shape index (κ3) is 8.68. The van der Waals surface area contributed by atoms with Crippen molar-refractivity contribution in [3.8, 4) is 22.8 Å². The summed E-state index contributed by atoms with van der Waals surface area (Å²) in [5, 5.41) is 25.1. The third-order valence-corrected chi connectivity index (χ3v) is 10.8. The van der Waals surface area contributed by atoms with E-state index in [0.717, 1.165) is 31.1 Å². The molecule has 7 aliphatic rings. The average Bonchev–Trinajstić information content (AvgIpc) is 4.23. The van der Waals surface area contributed by atoms with Crippen LogP contribution >= 0.6 is 0 Å². The first-order valence-electron chi connectivity index (χ1n) is 28.0.